The SMILES string of the molecule is Cc1cc2nc(C34CCC(CC3=O)C4(C)C)[nH]c2cc1C. The number of nitrogens with zero attached hydrogens (tertiary/aromatic N) is 1. The summed E-state index contributed by atoms with van der Waals surface area (Å²) in [7, 11) is 0. The van der Waals surface area contributed by atoms with Crippen molar-refractivity contribution in [3.63, 3.8) is 0 Å². The number of ketones is 1. The molecule has 1 aromatic carbocycles. The summed E-state index contributed by atoms with van der Waals surface area (Å²) in [6.45, 7) is 8.72. The van der Waals surface area contributed by atoms with Crippen LogP contribution in [0.4, 0.5) is 0 Å². The molecule has 1 aromatic heterocycles. The Balaban J connectivity index is 1.96. The molecule has 2 aromatic rings. The van der Waals surface area contributed by atoms with Gasteiger partial charge in [-0.1, -0.05) is 13.8 Å². The quantitative estimate of drug-likeness (QED) is 0.864. The van der Waals surface area contributed by atoms with Gasteiger partial charge in [0.2, 0.25) is 0 Å². The van der Waals surface area contributed by atoms with E-state index in [0.717, 1.165) is 36.1 Å². The minimum atomic E-state index is -0.390. The third kappa shape index (κ3) is 1.39. The van der Waals surface area contributed by atoms with Crippen LogP contribution >= 0.6 is 0 Å². The first-order chi connectivity index (χ1) is 9.86. The molecule has 110 valence electrons. The van der Waals surface area contributed by atoms with Crippen molar-refractivity contribution in [3.05, 3.63) is 29.1 Å². The Bertz CT molecular complexity index is 732. The number of hydrogen-bond donors (Lipinski definition) is 1. The predicted molar refractivity (Wildman–Crippen MR) is 83.4 cm³/mol. The number of aryl methyl sites for hydroxylation is 2. The monoisotopic (exact) mass is 282 g/mol. The number of aromatic nitrogens is 2. The molecule has 2 bridgehead atoms. The predicted octanol–water partition coefficient (Wildman–Crippen LogP) is 3.83. The van der Waals surface area contributed by atoms with Gasteiger partial charge in [-0.2, -0.15) is 0 Å². The molecule has 2 saturated carbocycles. The number of fused-ring (bicyclic) bond motifs is 3. The van der Waals surface area contributed by atoms with Crippen molar-refractivity contribution in [2.24, 2.45) is 11.3 Å². The number of aromatic amines is 1. The van der Waals surface area contributed by atoms with Crippen molar-refractivity contribution < 1.29 is 4.79 Å². The lowest BCUT2D eigenvalue weighted by molar-refractivity contribution is -0.124. The van der Waals surface area contributed by atoms with Crippen LogP contribution in [0.5, 0.6) is 0 Å². The summed E-state index contributed by atoms with van der Waals surface area (Å²) >= 11 is 0. The molecule has 0 radical (unpaired) electrons. The van der Waals surface area contributed by atoms with Crippen LogP contribution in [0.15, 0.2) is 12.1 Å². The Morgan fingerprint density at radius 2 is 1.95 bits per heavy atom. The first kappa shape index (κ1) is 13.1. The average molecular weight is 282 g/mol. The molecule has 2 aliphatic rings. The molecule has 1 heterocycles. The van der Waals surface area contributed by atoms with Crippen molar-refractivity contribution in [2.45, 2.75) is 52.4 Å². The average Bonchev–Trinajstić information content (AvgIpc) is 2.97. The summed E-state index contributed by atoms with van der Waals surface area (Å²) in [5, 5.41) is 0. The van der Waals surface area contributed by atoms with Gasteiger partial charge < -0.3 is 4.98 Å². The standard InChI is InChI=1S/C18H22N2O/c1-10-7-13-14(8-11(10)2)20-16(19-13)18-6-5-12(9-15(18)21)17(18,3)4/h7-8,12H,5-6,9H2,1-4H3,(H,19,20). The van der Waals surface area contributed by atoms with Crippen LogP contribution in [0, 0.1) is 25.2 Å². The zero-order valence-corrected chi connectivity index (χ0v) is 13.2. The van der Waals surface area contributed by atoms with Crippen LogP contribution in [-0.2, 0) is 10.2 Å². The molecule has 0 amide bonds. The molecule has 1 N–H and O–H groups in total. The topological polar surface area (TPSA) is 45.8 Å². The van der Waals surface area contributed by atoms with E-state index < -0.39 is 5.41 Å². The largest absolute Gasteiger partial charge is 0.341 e. The molecule has 3 nitrogen and oxygen atoms in total. The maximum absolute atomic E-state index is 12.7. The highest BCUT2D eigenvalue weighted by Crippen LogP contribution is 2.64. The minimum Gasteiger partial charge on any atom is -0.341 e. The lowest BCUT2D eigenvalue weighted by atomic mass is 9.68. The van der Waals surface area contributed by atoms with Crippen LogP contribution in [0.2, 0.25) is 0 Å². The maximum atomic E-state index is 12.7. The Hall–Kier alpha value is -1.64. The molecule has 2 fully saturated rings. The van der Waals surface area contributed by atoms with E-state index in [2.05, 4.69) is 44.8 Å². The third-order valence-electron chi connectivity index (χ3n) is 6.40. The second-order valence-electron chi connectivity index (χ2n) is 7.53. The number of benzene rings is 1. The molecule has 4 rings (SSSR count). The van der Waals surface area contributed by atoms with Gasteiger partial charge in [0.15, 0.2) is 0 Å². The fourth-order valence-corrected chi connectivity index (χ4v) is 4.70. The smallest absolute Gasteiger partial charge is 0.147 e. The van der Waals surface area contributed by atoms with Crippen LogP contribution in [-0.4, -0.2) is 15.8 Å². The number of imidazole rings is 1. The van der Waals surface area contributed by atoms with E-state index in [1.54, 1.807) is 0 Å². The van der Waals surface area contributed by atoms with E-state index >= 15 is 0 Å². The lowest BCUT2D eigenvalue weighted by Gasteiger charge is -2.34. The molecule has 0 spiro atoms. The first-order valence-electron chi connectivity index (χ1n) is 7.87. The highest BCUT2D eigenvalue weighted by Gasteiger charge is 2.66. The third-order valence-corrected chi connectivity index (χ3v) is 6.40. The van der Waals surface area contributed by atoms with E-state index in [9.17, 15) is 4.79 Å². The van der Waals surface area contributed by atoms with Crippen LogP contribution in [0.25, 0.3) is 11.0 Å². The first-order valence-corrected chi connectivity index (χ1v) is 7.87. The van der Waals surface area contributed by atoms with Crippen LogP contribution in [0.1, 0.15) is 50.1 Å². The van der Waals surface area contributed by atoms with Gasteiger partial charge in [-0.15, -0.1) is 0 Å². The number of hydrogen-bond acceptors (Lipinski definition) is 2. The van der Waals surface area contributed by atoms with Gasteiger partial charge in [0, 0.05) is 6.42 Å². The number of carbonyl (C=O) groups excluding carboxylic acids is 1. The second-order valence-corrected chi connectivity index (χ2v) is 7.53. The zero-order chi connectivity index (χ0) is 15.0. The number of rotatable bonds is 1. The van der Waals surface area contributed by atoms with Crippen LogP contribution < -0.4 is 0 Å². The Labute approximate surface area is 125 Å². The van der Waals surface area contributed by atoms with Gasteiger partial charge in [0.05, 0.1) is 16.4 Å². The number of H-pyrrole nitrogens is 1. The molecule has 2 aliphatic carbocycles. The van der Waals surface area contributed by atoms with E-state index in [1.807, 2.05) is 0 Å². The Kier molecular flexibility index (Phi) is 2.34. The van der Waals surface area contributed by atoms with Crippen molar-refractivity contribution in [1.82, 2.24) is 9.97 Å². The molecule has 2 unspecified atom stereocenters. The molecule has 0 aliphatic heterocycles. The Morgan fingerprint density at radius 3 is 2.57 bits per heavy atom. The number of Topliss-reactive ketones (excluding diaryl/α,β-unsaturated/α-hetero) is 1. The van der Waals surface area contributed by atoms with Gasteiger partial charge in [-0.05, 0) is 61.3 Å². The van der Waals surface area contributed by atoms with Crippen molar-refractivity contribution in [2.75, 3.05) is 0 Å². The summed E-state index contributed by atoms with van der Waals surface area (Å²) in [5.74, 6) is 1.80. The lowest BCUT2D eigenvalue weighted by Crippen LogP contribution is -2.41. The van der Waals surface area contributed by atoms with E-state index in [-0.39, 0.29) is 5.41 Å². The molecular formula is C18H22N2O. The normalized spacial score (nSPS) is 30.5. The van der Waals surface area contributed by atoms with E-state index in [1.165, 1.54) is 11.1 Å². The van der Waals surface area contributed by atoms with Gasteiger partial charge in [-0.25, -0.2) is 4.98 Å². The molecule has 21 heavy (non-hydrogen) atoms. The summed E-state index contributed by atoms with van der Waals surface area (Å²) in [5.41, 5.74) is 4.18. The van der Waals surface area contributed by atoms with Crippen molar-refractivity contribution >= 4 is 16.8 Å². The Morgan fingerprint density at radius 1 is 1.24 bits per heavy atom. The molecule has 2 atom stereocenters. The summed E-state index contributed by atoms with van der Waals surface area (Å²) < 4.78 is 0. The number of carbonyl (C=O) groups is 1. The fourth-order valence-electron chi connectivity index (χ4n) is 4.70. The minimum absolute atomic E-state index is 0.0159. The van der Waals surface area contributed by atoms with E-state index in [4.69, 9.17) is 4.98 Å². The highest BCUT2D eigenvalue weighted by molar-refractivity contribution is 5.95. The zero-order valence-electron chi connectivity index (χ0n) is 13.2. The number of nitrogens with one attached hydrogen (secondary N) is 1. The fraction of sp³-hybridized carbons (Fsp3) is 0.556. The van der Waals surface area contributed by atoms with Gasteiger partial charge in [0.25, 0.3) is 0 Å². The van der Waals surface area contributed by atoms with Gasteiger partial charge in [-0.3, -0.25) is 4.79 Å². The molecular weight excluding hydrogens is 260 g/mol. The van der Waals surface area contributed by atoms with Gasteiger partial charge >= 0.3 is 0 Å². The van der Waals surface area contributed by atoms with E-state index in [0.29, 0.717) is 11.7 Å². The second kappa shape index (κ2) is 3.76. The van der Waals surface area contributed by atoms with Crippen molar-refractivity contribution in [1.29, 1.82) is 0 Å². The maximum Gasteiger partial charge on any atom is 0.147 e. The summed E-state index contributed by atoms with van der Waals surface area (Å²) in [4.78, 5) is 21.0. The summed E-state index contributed by atoms with van der Waals surface area (Å²) in [6.07, 6.45) is 2.82. The van der Waals surface area contributed by atoms with Crippen molar-refractivity contribution in [3.8, 4) is 0 Å². The summed E-state index contributed by atoms with van der Waals surface area (Å²) in [6, 6.07) is 4.27. The van der Waals surface area contributed by atoms with Gasteiger partial charge in [0.1, 0.15) is 11.6 Å². The highest BCUT2D eigenvalue weighted by atomic mass is 16.1. The van der Waals surface area contributed by atoms with Crippen LogP contribution in [0.3, 0.4) is 0 Å². The molecule has 3 heteroatoms. The molecule has 0 saturated heterocycles.